The summed E-state index contributed by atoms with van der Waals surface area (Å²) in [6, 6.07) is 0. The molecule has 0 radical (unpaired) electrons. The van der Waals surface area contributed by atoms with Gasteiger partial charge >= 0.3 is 0 Å². The third-order valence-corrected chi connectivity index (χ3v) is 15.1. The summed E-state index contributed by atoms with van der Waals surface area (Å²) in [6.07, 6.45) is -3.44. The van der Waals surface area contributed by atoms with Gasteiger partial charge in [0.05, 0.1) is 6.10 Å². The summed E-state index contributed by atoms with van der Waals surface area (Å²) in [5, 5.41) is 20.7. The lowest BCUT2D eigenvalue weighted by molar-refractivity contribution is -0.141. The lowest BCUT2D eigenvalue weighted by atomic mass is 10.1. The summed E-state index contributed by atoms with van der Waals surface area (Å²) < 4.78 is 18.7. The Hall–Kier alpha value is 0.234. The van der Waals surface area contributed by atoms with Crippen LogP contribution in [0, 0.1) is 0 Å². The number of ether oxygens (including phenoxy) is 1. The maximum atomic E-state index is 10.5. The lowest BCUT2D eigenvalue weighted by Gasteiger charge is -2.43. The first kappa shape index (κ1) is 23.3. The molecular formula is C18H40O5Si2. The third-order valence-electron chi connectivity index (χ3n) is 6.17. The molecule has 0 aromatic heterocycles. The van der Waals surface area contributed by atoms with Gasteiger partial charge in [-0.2, -0.15) is 0 Å². The molecule has 0 saturated carbocycles. The van der Waals surface area contributed by atoms with Gasteiger partial charge < -0.3 is 23.8 Å². The zero-order chi connectivity index (χ0) is 20.0. The van der Waals surface area contributed by atoms with E-state index in [9.17, 15) is 10.2 Å². The Morgan fingerprint density at radius 2 is 1.20 bits per heavy atom. The highest BCUT2D eigenvalue weighted by molar-refractivity contribution is 6.74. The van der Waals surface area contributed by atoms with E-state index < -0.39 is 47.3 Å². The van der Waals surface area contributed by atoms with Gasteiger partial charge in [0.2, 0.25) is 0 Å². The van der Waals surface area contributed by atoms with Crippen molar-refractivity contribution in [3.63, 3.8) is 0 Å². The minimum absolute atomic E-state index is 0.0111. The molecule has 1 saturated heterocycles. The first-order valence-electron chi connectivity index (χ1n) is 9.28. The fourth-order valence-corrected chi connectivity index (χ4v) is 4.93. The Morgan fingerprint density at radius 1 is 0.840 bits per heavy atom. The molecule has 1 rings (SSSR count). The number of aliphatic hydroxyl groups excluding tert-OH is 2. The van der Waals surface area contributed by atoms with Crippen LogP contribution in [0.1, 0.15) is 48.5 Å². The van der Waals surface area contributed by atoms with Gasteiger partial charge in [0.25, 0.3) is 0 Å². The van der Waals surface area contributed by atoms with E-state index >= 15 is 0 Å². The molecule has 2 N–H and O–H groups in total. The van der Waals surface area contributed by atoms with Gasteiger partial charge in [-0.3, -0.25) is 0 Å². The predicted octanol–water partition coefficient (Wildman–Crippen LogP) is 3.87. The molecule has 25 heavy (non-hydrogen) atoms. The third kappa shape index (κ3) is 5.15. The zero-order valence-corrected chi connectivity index (χ0v) is 20.0. The highest BCUT2D eigenvalue weighted by Crippen LogP contribution is 2.43. The van der Waals surface area contributed by atoms with E-state index in [1.807, 2.05) is 0 Å². The quantitative estimate of drug-likeness (QED) is 0.695. The fourth-order valence-electron chi connectivity index (χ4n) is 2.35. The van der Waals surface area contributed by atoms with Crippen LogP contribution < -0.4 is 0 Å². The topological polar surface area (TPSA) is 68.2 Å². The largest absolute Gasteiger partial charge is 0.408 e. The fraction of sp³-hybridized carbons (Fsp3) is 1.00. The summed E-state index contributed by atoms with van der Waals surface area (Å²) in [6.45, 7) is 23.3. The van der Waals surface area contributed by atoms with E-state index in [0.29, 0.717) is 0 Å². The molecule has 0 bridgehead atoms. The van der Waals surface area contributed by atoms with Crippen molar-refractivity contribution in [2.75, 3.05) is 0 Å². The summed E-state index contributed by atoms with van der Waals surface area (Å²) in [4.78, 5) is 0. The first-order chi connectivity index (χ1) is 10.9. The van der Waals surface area contributed by atoms with Crippen molar-refractivity contribution < 1.29 is 23.8 Å². The van der Waals surface area contributed by atoms with Gasteiger partial charge in [-0.15, -0.1) is 0 Å². The molecule has 0 amide bonds. The average molecular weight is 393 g/mol. The van der Waals surface area contributed by atoms with Gasteiger partial charge in [-0.05, 0) is 43.2 Å². The minimum Gasteiger partial charge on any atom is -0.408 e. The molecule has 0 aliphatic carbocycles. The average Bonchev–Trinajstić information content (AvgIpc) is 2.64. The van der Waals surface area contributed by atoms with Crippen LogP contribution in [0.2, 0.25) is 36.3 Å². The smallest absolute Gasteiger partial charge is 0.192 e. The molecule has 0 aromatic carbocycles. The molecule has 1 aliphatic rings. The van der Waals surface area contributed by atoms with Crippen LogP contribution in [0.3, 0.4) is 0 Å². The SMILES string of the molecule is C[C@H](O)[C@H]1O[C@H](O)[C@@H](O[Si](C)(C)C(C)(C)C)[C@@H]1O[Si](C)(C)C(C)(C)C. The van der Waals surface area contributed by atoms with E-state index in [2.05, 4.69) is 67.7 Å². The van der Waals surface area contributed by atoms with Crippen LogP contribution in [-0.4, -0.2) is 57.6 Å². The van der Waals surface area contributed by atoms with E-state index in [4.69, 9.17) is 13.6 Å². The van der Waals surface area contributed by atoms with E-state index in [1.165, 1.54) is 0 Å². The second-order valence-electron chi connectivity index (χ2n) is 10.4. The highest BCUT2D eigenvalue weighted by Gasteiger charge is 2.54. The predicted molar refractivity (Wildman–Crippen MR) is 107 cm³/mol. The molecule has 0 aromatic rings. The van der Waals surface area contributed by atoms with E-state index in [0.717, 1.165) is 0 Å². The summed E-state index contributed by atoms with van der Waals surface area (Å²) >= 11 is 0. The Bertz CT molecular complexity index is 451. The highest BCUT2D eigenvalue weighted by atomic mass is 28.4. The summed E-state index contributed by atoms with van der Waals surface area (Å²) in [7, 11) is -4.24. The van der Waals surface area contributed by atoms with Crippen LogP contribution in [0.25, 0.3) is 0 Å². The number of hydrogen-bond acceptors (Lipinski definition) is 5. The normalized spacial score (nSPS) is 30.6. The number of rotatable bonds is 5. The zero-order valence-electron chi connectivity index (χ0n) is 18.0. The Morgan fingerprint density at radius 3 is 1.52 bits per heavy atom. The van der Waals surface area contributed by atoms with E-state index in [-0.39, 0.29) is 10.1 Å². The van der Waals surface area contributed by atoms with Gasteiger partial charge in [-0.25, -0.2) is 0 Å². The summed E-state index contributed by atoms with van der Waals surface area (Å²) in [5.41, 5.74) is 0. The number of hydrogen-bond donors (Lipinski definition) is 2. The molecule has 1 fully saturated rings. The van der Waals surface area contributed by atoms with Crippen molar-refractivity contribution in [2.45, 2.75) is 115 Å². The molecule has 5 atom stereocenters. The lowest BCUT2D eigenvalue weighted by Crippen LogP contribution is -2.55. The molecule has 7 heteroatoms. The second-order valence-corrected chi connectivity index (χ2v) is 19.9. The van der Waals surface area contributed by atoms with Crippen LogP contribution >= 0.6 is 0 Å². The molecule has 1 aliphatic heterocycles. The molecule has 1 heterocycles. The number of aliphatic hydroxyl groups is 2. The van der Waals surface area contributed by atoms with Crippen molar-refractivity contribution in [1.82, 2.24) is 0 Å². The van der Waals surface area contributed by atoms with Crippen molar-refractivity contribution in [1.29, 1.82) is 0 Å². The first-order valence-corrected chi connectivity index (χ1v) is 15.1. The van der Waals surface area contributed by atoms with Gasteiger partial charge in [0, 0.05) is 0 Å². The van der Waals surface area contributed by atoms with Crippen LogP contribution in [0.4, 0.5) is 0 Å². The van der Waals surface area contributed by atoms with Crippen molar-refractivity contribution in [3.05, 3.63) is 0 Å². The standard InChI is InChI=1S/C18H40O5Si2/c1-12(19)13-14(22-24(8,9)17(2,3)4)15(16(20)21-13)23-25(10,11)18(5,6)7/h12-16,19-20H,1-11H3/t12-,13+,14+,15-,16-/m0/s1. The van der Waals surface area contributed by atoms with Gasteiger partial charge in [0.15, 0.2) is 22.9 Å². The summed E-state index contributed by atoms with van der Waals surface area (Å²) in [5.74, 6) is 0. The Kier molecular flexibility index (Phi) is 6.83. The second kappa shape index (κ2) is 7.33. The monoisotopic (exact) mass is 392 g/mol. The van der Waals surface area contributed by atoms with Crippen LogP contribution in [0.15, 0.2) is 0 Å². The molecule has 0 spiro atoms. The van der Waals surface area contributed by atoms with Crippen LogP contribution in [0.5, 0.6) is 0 Å². The van der Waals surface area contributed by atoms with Gasteiger partial charge in [-0.1, -0.05) is 41.5 Å². The van der Waals surface area contributed by atoms with Crippen LogP contribution in [-0.2, 0) is 13.6 Å². The molecule has 150 valence electrons. The van der Waals surface area contributed by atoms with Gasteiger partial charge in [0.1, 0.15) is 18.3 Å². The van der Waals surface area contributed by atoms with Crippen molar-refractivity contribution in [3.8, 4) is 0 Å². The molecule has 0 unspecified atom stereocenters. The minimum atomic E-state index is -2.13. The maximum Gasteiger partial charge on any atom is 0.192 e. The molecule has 5 nitrogen and oxygen atoms in total. The van der Waals surface area contributed by atoms with Crippen molar-refractivity contribution in [2.24, 2.45) is 0 Å². The maximum absolute atomic E-state index is 10.5. The Balaban J connectivity index is 3.16. The Labute approximate surface area is 156 Å². The molecular weight excluding hydrogens is 352 g/mol. The van der Waals surface area contributed by atoms with Crippen molar-refractivity contribution >= 4 is 16.6 Å². The van der Waals surface area contributed by atoms with E-state index in [1.54, 1.807) is 6.92 Å².